The molecule has 0 bridgehead atoms. The van der Waals surface area contributed by atoms with Gasteiger partial charge in [-0.05, 0) is 43.2 Å². The maximum Gasteiger partial charge on any atom is 0.331 e. The predicted molar refractivity (Wildman–Crippen MR) is 117 cm³/mol. The number of benzene rings is 1. The number of fused-ring (bicyclic) bond motifs is 1. The fourth-order valence-corrected chi connectivity index (χ4v) is 4.54. The molecule has 3 rings (SSSR count). The number of aryl methyl sites for hydroxylation is 1. The topological polar surface area (TPSA) is 92.4 Å². The van der Waals surface area contributed by atoms with Crippen molar-refractivity contribution in [2.45, 2.75) is 32.9 Å². The number of aromatic nitrogens is 3. The maximum absolute atomic E-state index is 13.3. The molecule has 11 heteroatoms. The molecule has 0 spiro atoms. The molecule has 0 aliphatic heterocycles. The molecule has 1 atom stereocenters. The average molecular weight is 470 g/mol. The highest BCUT2D eigenvalue weighted by Crippen LogP contribution is 2.33. The monoisotopic (exact) mass is 469 g/mol. The van der Waals surface area contributed by atoms with E-state index in [0.29, 0.717) is 29.2 Å². The van der Waals surface area contributed by atoms with Gasteiger partial charge in [-0.3, -0.25) is 9.13 Å². The first-order chi connectivity index (χ1) is 15.1. The van der Waals surface area contributed by atoms with Crippen molar-refractivity contribution in [2.75, 3.05) is 25.7 Å². The lowest BCUT2D eigenvalue weighted by atomic mass is 10.1. The number of rotatable bonds is 9. The minimum Gasteiger partial charge on any atom is -0.493 e. The van der Waals surface area contributed by atoms with E-state index >= 15 is 0 Å². The van der Waals surface area contributed by atoms with E-state index in [2.05, 4.69) is 4.98 Å². The molecule has 0 fully saturated rings. The van der Waals surface area contributed by atoms with Gasteiger partial charge in [-0.1, -0.05) is 6.07 Å². The van der Waals surface area contributed by atoms with Crippen LogP contribution < -0.4 is 15.2 Å². The van der Waals surface area contributed by atoms with Gasteiger partial charge < -0.3 is 9.47 Å². The second kappa shape index (κ2) is 9.27. The van der Waals surface area contributed by atoms with Crippen LogP contribution in [0.15, 0.2) is 35.3 Å². The molecule has 0 N–H and O–H groups in total. The lowest BCUT2D eigenvalue weighted by Gasteiger charge is -2.20. The molecule has 0 saturated heterocycles. The zero-order valence-electron chi connectivity index (χ0n) is 18.2. The van der Waals surface area contributed by atoms with E-state index in [0.717, 1.165) is 15.4 Å². The molecule has 0 saturated carbocycles. The van der Waals surface area contributed by atoms with E-state index < -0.39 is 40.3 Å². The van der Waals surface area contributed by atoms with E-state index in [1.807, 2.05) is 0 Å². The first-order valence-corrected chi connectivity index (χ1v) is 12.0. The van der Waals surface area contributed by atoms with Crippen molar-refractivity contribution in [3.05, 3.63) is 52.1 Å². The van der Waals surface area contributed by atoms with Crippen LogP contribution in [0.1, 0.15) is 24.1 Å². The van der Waals surface area contributed by atoms with Crippen LogP contribution in [0, 0.1) is 6.92 Å². The third kappa shape index (κ3) is 4.93. The summed E-state index contributed by atoms with van der Waals surface area (Å²) in [5.74, 6) is 0.378. The molecule has 2 aromatic heterocycles. The Morgan fingerprint density at radius 1 is 1.19 bits per heavy atom. The number of hydrogen-bond acceptors (Lipinski definition) is 6. The van der Waals surface area contributed by atoms with Crippen LogP contribution in [-0.4, -0.2) is 54.7 Å². The van der Waals surface area contributed by atoms with Gasteiger partial charge in [0, 0.05) is 12.5 Å². The van der Waals surface area contributed by atoms with Crippen LogP contribution in [0.5, 0.6) is 11.5 Å². The Labute approximate surface area is 184 Å². The molecule has 3 aromatic rings. The summed E-state index contributed by atoms with van der Waals surface area (Å²) in [7, 11) is -2.11. The number of ether oxygens (including phenoxy) is 2. The van der Waals surface area contributed by atoms with Gasteiger partial charge in [0.2, 0.25) is 0 Å². The highest BCUT2D eigenvalue weighted by molar-refractivity contribution is 7.90. The number of halogens is 2. The van der Waals surface area contributed by atoms with Gasteiger partial charge in [0.15, 0.2) is 17.1 Å². The lowest BCUT2D eigenvalue weighted by molar-refractivity contribution is 0.126. The standard InChI is InChI=1S/C21H25F2N3O5S/c1-5-31-18-9-14(6-7-17(18)30-3)16(12-32(4,28)29)26-20-15(8-13(2)10-24-20)25(21(26)27)11-19(22)23/h6-10,16,19H,5,11-12H2,1-4H3/t16-/m1/s1. The zero-order valence-corrected chi connectivity index (χ0v) is 19.0. The van der Waals surface area contributed by atoms with Gasteiger partial charge in [0.25, 0.3) is 6.43 Å². The molecule has 0 amide bonds. The second-order valence-corrected chi connectivity index (χ2v) is 9.65. The average Bonchev–Trinajstić information content (AvgIpc) is 2.96. The van der Waals surface area contributed by atoms with Gasteiger partial charge >= 0.3 is 5.69 Å². The fraction of sp³-hybridized carbons (Fsp3) is 0.429. The third-order valence-corrected chi connectivity index (χ3v) is 5.83. The summed E-state index contributed by atoms with van der Waals surface area (Å²) in [5.41, 5.74) is 0.706. The first-order valence-electron chi connectivity index (χ1n) is 9.89. The molecule has 0 aliphatic rings. The van der Waals surface area contributed by atoms with Crippen LogP contribution in [0.2, 0.25) is 0 Å². The number of sulfone groups is 1. The van der Waals surface area contributed by atoms with Crippen molar-refractivity contribution >= 4 is 21.0 Å². The third-order valence-electron chi connectivity index (χ3n) is 4.91. The number of nitrogens with zero attached hydrogens (tertiary/aromatic N) is 3. The Balaban J connectivity index is 2.31. The molecule has 0 aliphatic carbocycles. The SMILES string of the molecule is CCOc1cc([C@@H](CS(C)(=O)=O)n2c(=O)n(CC(F)F)c3cc(C)cnc32)ccc1OC. The summed E-state index contributed by atoms with van der Waals surface area (Å²) >= 11 is 0. The van der Waals surface area contributed by atoms with Crippen molar-refractivity contribution in [2.24, 2.45) is 0 Å². The highest BCUT2D eigenvalue weighted by atomic mass is 32.2. The van der Waals surface area contributed by atoms with Gasteiger partial charge in [-0.15, -0.1) is 0 Å². The molecule has 1 aromatic carbocycles. The number of alkyl halides is 2. The van der Waals surface area contributed by atoms with Crippen molar-refractivity contribution in [3.8, 4) is 11.5 Å². The summed E-state index contributed by atoms with van der Waals surface area (Å²) in [6, 6.07) is 5.39. The number of methoxy groups -OCH3 is 1. The first kappa shape index (κ1) is 23.7. The Bertz CT molecular complexity index is 1280. The lowest BCUT2D eigenvalue weighted by Crippen LogP contribution is -2.32. The van der Waals surface area contributed by atoms with Crippen molar-refractivity contribution in [1.82, 2.24) is 14.1 Å². The number of pyridine rings is 1. The van der Waals surface area contributed by atoms with Crippen molar-refractivity contribution in [1.29, 1.82) is 0 Å². The largest absolute Gasteiger partial charge is 0.493 e. The molecular formula is C21H25F2N3O5S. The minimum absolute atomic E-state index is 0.128. The van der Waals surface area contributed by atoms with Crippen molar-refractivity contribution < 1.29 is 26.7 Å². The predicted octanol–water partition coefficient (Wildman–Crippen LogP) is 2.81. The van der Waals surface area contributed by atoms with Gasteiger partial charge in [-0.25, -0.2) is 27.0 Å². The Kier molecular flexibility index (Phi) is 6.87. The molecule has 0 unspecified atom stereocenters. The zero-order chi connectivity index (χ0) is 23.6. The van der Waals surface area contributed by atoms with Crippen LogP contribution in [0.25, 0.3) is 11.2 Å². The maximum atomic E-state index is 13.3. The van der Waals surface area contributed by atoms with Gasteiger partial charge in [-0.2, -0.15) is 0 Å². The normalized spacial score (nSPS) is 13.0. The highest BCUT2D eigenvalue weighted by Gasteiger charge is 2.28. The summed E-state index contributed by atoms with van der Waals surface area (Å²) < 4.78 is 64.0. The molecule has 2 heterocycles. The molecule has 8 nitrogen and oxygen atoms in total. The van der Waals surface area contributed by atoms with Crippen LogP contribution >= 0.6 is 0 Å². The van der Waals surface area contributed by atoms with Crippen LogP contribution in [0.4, 0.5) is 8.78 Å². The van der Waals surface area contributed by atoms with E-state index in [1.165, 1.54) is 13.3 Å². The number of hydrogen-bond donors (Lipinski definition) is 0. The quantitative estimate of drug-likeness (QED) is 0.479. The van der Waals surface area contributed by atoms with E-state index in [1.54, 1.807) is 38.1 Å². The molecule has 0 radical (unpaired) electrons. The molecule has 32 heavy (non-hydrogen) atoms. The Morgan fingerprint density at radius 2 is 1.91 bits per heavy atom. The van der Waals surface area contributed by atoms with Gasteiger partial charge in [0.1, 0.15) is 9.84 Å². The summed E-state index contributed by atoms with van der Waals surface area (Å²) in [6.45, 7) is 3.03. The summed E-state index contributed by atoms with van der Waals surface area (Å²) in [6.07, 6.45) is -0.220. The van der Waals surface area contributed by atoms with E-state index in [-0.39, 0.29) is 11.2 Å². The number of imidazole rings is 1. The minimum atomic E-state index is -3.58. The van der Waals surface area contributed by atoms with Gasteiger partial charge in [0.05, 0.1) is 37.6 Å². The Morgan fingerprint density at radius 3 is 2.50 bits per heavy atom. The smallest absolute Gasteiger partial charge is 0.331 e. The van der Waals surface area contributed by atoms with E-state index in [9.17, 15) is 22.0 Å². The molecule has 174 valence electrons. The van der Waals surface area contributed by atoms with E-state index in [4.69, 9.17) is 9.47 Å². The summed E-state index contributed by atoms with van der Waals surface area (Å²) in [5, 5.41) is 0. The van der Waals surface area contributed by atoms with Crippen LogP contribution in [-0.2, 0) is 16.4 Å². The Hall–Kier alpha value is -2.95. The molecular weight excluding hydrogens is 444 g/mol. The van der Waals surface area contributed by atoms with Crippen LogP contribution in [0.3, 0.4) is 0 Å². The fourth-order valence-electron chi connectivity index (χ4n) is 3.63. The van der Waals surface area contributed by atoms with Crippen molar-refractivity contribution in [3.63, 3.8) is 0 Å². The second-order valence-electron chi connectivity index (χ2n) is 7.46. The summed E-state index contributed by atoms with van der Waals surface area (Å²) in [4.78, 5) is 17.6.